The molecule has 1 aliphatic heterocycles. The Morgan fingerprint density at radius 1 is 1.12 bits per heavy atom. The summed E-state index contributed by atoms with van der Waals surface area (Å²) in [6.07, 6.45) is 6.54. The van der Waals surface area contributed by atoms with Crippen LogP contribution in [0.2, 0.25) is 0 Å². The number of ether oxygens (including phenoxy) is 1. The maximum absolute atomic E-state index is 12.6. The Morgan fingerprint density at radius 2 is 1.80 bits per heavy atom. The molecule has 0 aromatic rings. The van der Waals surface area contributed by atoms with Gasteiger partial charge in [-0.1, -0.05) is 19.3 Å². The summed E-state index contributed by atoms with van der Waals surface area (Å²) in [5, 5.41) is 12.7. The zero-order chi connectivity index (χ0) is 18.5. The van der Waals surface area contributed by atoms with E-state index in [2.05, 4.69) is 11.4 Å². The fraction of sp³-hybridized carbons (Fsp3) is 0.842. The fourth-order valence-corrected chi connectivity index (χ4v) is 3.61. The van der Waals surface area contributed by atoms with Crippen LogP contribution in [0.15, 0.2) is 0 Å². The van der Waals surface area contributed by atoms with E-state index in [1.54, 1.807) is 4.90 Å². The Labute approximate surface area is 150 Å². The van der Waals surface area contributed by atoms with E-state index in [-0.39, 0.29) is 17.9 Å². The second kappa shape index (κ2) is 8.07. The third-order valence-corrected chi connectivity index (χ3v) is 5.04. The molecule has 6 nitrogen and oxygen atoms in total. The highest BCUT2D eigenvalue weighted by Gasteiger charge is 2.37. The lowest BCUT2D eigenvalue weighted by atomic mass is 9.86. The minimum atomic E-state index is -0.870. The van der Waals surface area contributed by atoms with Crippen molar-refractivity contribution in [3.63, 3.8) is 0 Å². The van der Waals surface area contributed by atoms with E-state index >= 15 is 0 Å². The molecule has 1 N–H and O–H groups in total. The molecule has 2 rings (SSSR count). The number of carbonyl (C=O) groups is 2. The third kappa shape index (κ3) is 5.62. The van der Waals surface area contributed by atoms with Gasteiger partial charge >= 0.3 is 6.09 Å². The number of nitriles is 1. The molecule has 0 aromatic heterocycles. The van der Waals surface area contributed by atoms with Gasteiger partial charge in [0.25, 0.3) is 0 Å². The third-order valence-electron chi connectivity index (χ3n) is 5.04. The number of amides is 2. The highest BCUT2D eigenvalue weighted by molar-refractivity contribution is 5.80. The molecule has 1 saturated carbocycles. The van der Waals surface area contributed by atoms with Gasteiger partial charge in [0.15, 0.2) is 0 Å². The molecule has 140 valence electrons. The number of likely N-dealkylation sites (tertiary alicyclic amines) is 1. The summed E-state index contributed by atoms with van der Waals surface area (Å²) in [5.41, 5.74) is -1.41. The molecule has 25 heavy (non-hydrogen) atoms. The standard InChI is InChI=1S/C19H31N3O3/c1-18(2,3)25-17(24)22-12-7-10-19(14-20,11-13-22)21-16(23)15-8-5-4-6-9-15/h15H,4-13H2,1-3H3,(H,21,23). The van der Waals surface area contributed by atoms with E-state index in [4.69, 9.17) is 4.74 Å². The van der Waals surface area contributed by atoms with E-state index < -0.39 is 11.1 Å². The lowest BCUT2D eigenvalue weighted by Crippen LogP contribution is -2.50. The summed E-state index contributed by atoms with van der Waals surface area (Å²) >= 11 is 0. The summed E-state index contributed by atoms with van der Waals surface area (Å²) < 4.78 is 5.43. The van der Waals surface area contributed by atoms with Gasteiger partial charge in [-0.2, -0.15) is 5.26 Å². The molecule has 1 heterocycles. The number of hydrogen-bond donors (Lipinski definition) is 1. The molecule has 0 aromatic carbocycles. The predicted octanol–water partition coefficient (Wildman–Crippen LogP) is 3.37. The SMILES string of the molecule is CC(C)(C)OC(=O)N1CCCC(C#N)(NC(=O)C2CCCCC2)CC1. The van der Waals surface area contributed by atoms with Gasteiger partial charge in [0.2, 0.25) is 5.91 Å². The summed E-state index contributed by atoms with van der Waals surface area (Å²) in [4.78, 5) is 26.5. The van der Waals surface area contributed by atoms with Gasteiger partial charge in [-0.05, 0) is 46.5 Å². The Balaban J connectivity index is 1.96. The molecular formula is C19H31N3O3. The van der Waals surface area contributed by atoms with E-state index in [1.165, 1.54) is 6.42 Å². The van der Waals surface area contributed by atoms with Crippen LogP contribution in [0.1, 0.15) is 72.1 Å². The van der Waals surface area contributed by atoms with E-state index in [0.29, 0.717) is 32.4 Å². The molecule has 1 unspecified atom stereocenters. The van der Waals surface area contributed by atoms with E-state index in [1.807, 2.05) is 20.8 Å². The van der Waals surface area contributed by atoms with Crippen LogP contribution in [0.3, 0.4) is 0 Å². The van der Waals surface area contributed by atoms with Crippen LogP contribution in [0.25, 0.3) is 0 Å². The molecule has 1 atom stereocenters. The normalized spacial score (nSPS) is 25.6. The maximum atomic E-state index is 12.6. The molecule has 1 saturated heterocycles. The second-order valence-electron chi connectivity index (χ2n) is 8.34. The highest BCUT2D eigenvalue weighted by Crippen LogP contribution is 2.27. The van der Waals surface area contributed by atoms with Crippen molar-refractivity contribution in [2.75, 3.05) is 13.1 Å². The molecule has 0 spiro atoms. The Morgan fingerprint density at radius 3 is 2.40 bits per heavy atom. The van der Waals surface area contributed by atoms with Gasteiger partial charge in [0, 0.05) is 25.4 Å². The van der Waals surface area contributed by atoms with E-state index in [9.17, 15) is 14.9 Å². The van der Waals surface area contributed by atoms with Crippen molar-refractivity contribution in [2.24, 2.45) is 5.92 Å². The van der Waals surface area contributed by atoms with Crippen molar-refractivity contribution in [1.29, 1.82) is 5.26 Å². The monoisotopic (exact) mass is 349 g/mol. The van der Waals surface area contributed by atoms with Crippen LogP contribution in [0.5, 0.6) is 0 Å². The number of rotatable bonds is 2. The first-order valence-corrected chi connectivity index (χ1v) is 9.46. The van der Waals surface area contributed by atoms with Gasteiger partial charge in [-0.3, -0.25) is 4.79 Å². The zero-order valence-corrected chi connectivity index (χ0v) is 15.8. The van der Waals surface area contributed by atoms with Crippen LogP contribution < -0.4 is 5.32 Å². The maximum Gasteiger partial charge on any atom is 0.410 e. The molecular weight excluding hydrogens is 318 g/mol. The van der Waals surface area contributed by atoms with Gasteiger partial charge in [0.1, 0.15) is 11.1 Å². The topological polar surface area (TPSA) is 82.4 Å². The average Bonchev–Trinajstić information content (AvgIpc) is 2.77. The lowest BCUT2D eigenvalue weighted by Gasteiger charge is -2.30. The summed E-state index contributed by atoms with van der Waals surface area (Å²) in [6.45, 7) is 6.50. The molecule has 2 aliphatic rings. The van der Waals surface area contributed by atoms with Crippen LogP contribution in [-0.4, -0.2) is 41.1 Å². The minimum Gasteiger partial charge on any atom is -0.444 e. The molecule has 6 heteroatoms. The molecule has 2 amide bonds. The number of hydrogen-bond acceptors (Lipinski definition) is 4. The molecule has 0 radical (unpaired) electrons. The second-order valence-corrected chi connectivity index (χ2v) is 8.34. The first kappa shape index (κ1) is 19.6. The van der Waals surface area contributed by atoms with Gasteiger partial charge < -0.3 is 15.0 Å². The van der Waals surface area contributed by atoms with Crippen molar-refractivity contribution < 1.29 is 14.3 Å². The number of carbonyl (C=O) groups excluding carboxylic acids is 2. The average molecular weight is 349 g/mol. The van der Waals surface area contributed by atoms with Gasteiger partial charge in [-0.15, -0.1) is 0 Å². The Kier molecular flexibility index (Phi) is 6.31. The zero-order valence-electron chi connectivity index (χ0n) is 15.8. The van der Waals surface area contributed by atoms with Crippen LogP contribution >= 0.6 is 0 Å². The number of nitrogens with one attached hydrogen (secondary N) is 1. The Bertz CT molecular complexity index is 529. The molecule has 0 bridgehead atoms. The predicted molar refractivity (Wildman–Crippen MR) is 94.7 cm³/mol. The van der Waals surface area contributed by atoms with Gasteiger partial charge in [0.05, 0.1) is 6.07 Å². The highest BCUT2D eigenvalue weighted by atomic mass is 16.6. The Hall–Kier alpha value is -1.77. The fourth-order valence-electron chi connectivity index (χ4n) is 3.61. The molecule has 2 fully saturated rings. The smallest absolute Gasteiger partial charge is 0.410 e. The largest absolute Gasteiger partial charge is 0.444 e. The summed E-state index contributed by atoms with van der Waals surface area (Å²) in [6, 6.07) is 2.32. The van der Waals surface area contributed by atoms with Crippen LogP contribution in [-0.2, 0) is 9.53 Å². The number of nitrogens with zero attached hydrogens (tertiary/aromatic N) is 2. The van der Waals surface area contributed by atoms with Crippen molar-refractivity contribution >= 4 is 12.0 Å². The van der Waals surface area contributed by atoms with Crippen LogP contribution in [0, 0.1) is 17.2 Å². The van der Waals surface area contributed by atoms with Crippen molar-refractivity contribution in [2.45, 2.75) is 83.3 Å². The first-order chi connectivity index (χ1) is 11.7. The van der Waals surface area contributed by atoms with Crippen molar-refractivity contribution in [3.8, 4) is 6.07 Å². The van der Waals surface area contributed by atoms with Gasteiger partial charge in [-0.25, -0.2) is 4.79 Å². The van der Waals surface area contributed by atoms with Crippen molar-refractivity contribution in [3.05, 3.63) is 0 Å². The molecule has 1 aliphatic carbocycles. The van der Waals surface area contributed by atoms with Crippen molar-refractivity contribution in [1.82, 2.24) is 10.2 Å². The first-order valence-electron chi connectivity index (χ1n) is 9.46. The quantitative estimate of drug-likeness (QED) is 0.828. The summed E-state index contributed by atoms with van der Waals surface area (Å²) in [7, 11) is 0. The minimum absolute atomic E-state index is 0.00645. The lowest BCUT2D eigenvalue weighted by molar-refractivity contribution is -0.127. The van der Waals surface area contributed by atoms with Crippen LogP contribution in [0.4, 0.5) is 4.79 Å². The summed E-state index contributed by atoms with van der Waals surface area (Å²) in [5.74, 6) is 0.0381. The van der Waals surface area contributed by atoms with E-state index in [0.717, 1.165) is 25.7 Å².